The van der Waals surface area contributed by atoms with Crippen LogP contribution in [0.3, 0.4) is 0 Å². The maximum absolute atomic E-state index is 13.4. The highest BCUT2D eigenvalue weighted by atomic mass is 32.1. The summed E-state index contributed by atoms with van der Waals surface area (Å²) in [4.78, 5) is 32.4. The third kappa shape index (κ3) is 7.18. The van der Waals surface area contributed by atoms with Gasteiger partial charge in [0.2, 0.25) is 11.8 Å². The minimum absolute atomic E-state index is 0.000936. The van der Waals surface area contributed by atoms with Gasteiger partial charge in [0.05, 0.1) is 13.1 Å². The molecule has 0 bridgehead atoms. The first-order valence-electron chi connectivity index (χ1n) is 11.3. The van der Waals surface area contributed by atoms with E-state index in [9.17, 15) is 9.59 Å². The molecule has 31 heavy (non-hydrogen) atoms. The number of ether oxygens (including phenoxy) is 1. The Labute approximate surface area is 190 Å². The first-order chi connectivity index (χ1) is 15.1. The van der Waals surface area contributed by atoms with Gasteiger partial charge in [-0.1, -0.05) is 36.8 Å². The van der Waals surface area contributed by atoms with Gasteiger partial charge in [-0.05, 0) is 50.8 Å². The fourth-order valence-electron chi connectivity index (χ4n) is 3.74. The van der Waals surface area contributed by atoms with Crippen LogP contribution in [0.25, 0.3) is 0 Å². The lowest BCUT2D eigenvalue weighted by molar-refractivity contribution is -0.145. The molecule has 1 aliphatic carbocycles. The van der Waals surface area contributed by atoms with Crippen LogP contribution in [0.1, 0.15) is 47.9 Å². The largest absolute Gasteiger partial charge is 0.382 e. The Bertz CT molecular complexity index is 832. The number of hydrogen-bond acceptors (Lipinski definition) is 4. The number of benzene rings is 1. The normalized spacial score (nSPS) is 13.6. The van der Waals surface area contributed by atoms with Crippen molar-refractivity contribution < 1.29 is 14.3 Å². The van der Waals surface area contributed by atoms with E-state index in [2.05, 4.69) is 19.1 Å². The fourth-order valence-corrected chi connectivity index (χ4v) is 4.65. The Morgan fingerprint density at radius 1 is 1.06 bits per heavy atom. The van der Waals surface area contributed by atoms with Crippen LogP contribution in [0.4, 0.5) is 0 Å². The van der Waals surface area contributed by atoms with Gasteiger partial charge in [0.15, 0.2) is 0 Å². The number of aryl methyl sites for hydroxylation is 1. The molecule has 0 aliphatic heterocycles. The first kappa shape index (κ1) is 23.5. The molecule has 1 aromatic carbocycles. The average Bonchev–Trinajstić information content (AvgIpc) is 3.13. The molecule has 1 saturated carbocycles. The molecule has 3 rings (SSSR count). The van der Waals surface area contributed by atoms with Crippen LogP contribution >= 0.6 is 11.3 Å². The van der Waals surface area contributed by atoms with Crippen molar-refractivity contribution in [2.75, 3.05) is 26.3 Å². The van der Waals surface area contributed by atoms with Crippen molar-refractivity contribution in [1.29, 1.82) is 0 Å². The van der Waals surface area contributed by atoms with Gasteiger partial charge in [0.25, 0.3) is 0 Å². The summed E-state index contributed by atoms with van der Waals surface area (Å²) in [6.45, 7) is 7.14. The third-order valence-electron chi connectivity index (χ3n) is 5.72. The number of hydrogen-bond donors (Lipinski definition) is 0. The van der Waals surface area contributed by atoms with E-state index < -0.39 is 0 Å². The van der Waals surface area contributed by atoms with Gasteiger partial charge < -0.3 is 14.5 Å². The molecule has 2 amide bonds. The second-order valence-corrected chi connectivity index (χ2v) is 9.56. The van der Waals surface area contributed by atoms with Crippen molar-refractivity contribution in [1.82, 2.24) is 9.80 Å². The average molecular weight is 443 g/mol. The summed E-state index contributed by atoms with van der Waals surface area (Å²) in [5.74, 6) is 0.212. The predicted octanol–water partition coefficient (Wildman–Crippen LogP) is 4.64. The van der Waals surface area contributed by atoms with Gasteiger partial charge in [-0.25, -0.2) is 0 Å². The molecule has 0 atom stereocenters. The summed E-state index contributed by atoms with van der Waals surface area (Å²) in [6.07, 6.45) is 3.74. The van der Waals surface area contributed by atoms with Crippen molar-refractivity contribution in [3.63, 3.8) is 0 Å². The molecule has 1 fully saturated rings. The standard InChI is InChI=1S/C25H34N2O3S/c1-3-30-16-8-15-26(25(29)22-11-7-12-22)19-24(28)27(17-21-9-5-4-6-10-21)18-23-14-13-20(2)31-23/h4-6,9-10,13-14,22H,3,7-8,11-12,15-19H2,1-2H3. The van der Waals surface area contributed by atoms with Gasteiger partial charge in [-0.3, -0.25) is 9.59 Å². The lowest BCUT2D eigenvalue weighted by atomic mass is 9.84. The predicted molar refractivity (Wildman–Crippen MR) is 125 cm³/mol. The lowest BCUT2D eigenvalue weighted by Gasteiger charge is -2.33. The van der Waals surface area contributed by atoms with E-state index in [0.717, 1.165) is 36.1 Å². The molecule has 0 saturated heterocycles. The topological polar surface area (TPSA) is 49.9 Å². The van der Waals surface area contributed by atoms with E-state index >= 15 is 0 Å². The fraction of sp³-hybridized carbons (Fsp3) is 0.520. The zero-order chi connectivity index (χ0) is 22.1. The smallest absolute Gasteiger partial charge is 0.242 e. The molecule has 6 heteroatoms. The van der Waals surface area contributed by atoms with E-state index in [1.165, 1.54) is 4.88 Å². The maximum Gasteiger partial charge on any atom is 0.242 e. The summed E-state index contributed by atoms with van der Waals surface area (Å²) in [6, 6.07) is 14.2. The number of carbonyl (C=O) groups excluding carboxylic acids is 2. The molecule has 1 aliphatic rings. The maximum atomic E-state index is 13.4. The highest BCUT2D eigenvalue weighted by Crippen LogP contribution is 2.28. The second kappa shape index (κ2) is 12.0. The Morgan fingerprint density at radius 3 is 2.45 bits per heavy atom. The Kier molecular flexibility index (Phi) is 9.10. The van der Waals surface area contributed by atoms with E-state index in [1.807, 2.05) is 42.2 Å². The minimum atomic E-state index is -0.000936. The Balaban J connectivity index is 1.70. The molecule has 0 spiro atoms. The van der Waals surface area contributed by atoms with E-state index in [0.29, 0.717) is 32.8 Å². The van der Waals surface area contributed by atoms with Gasteiger partial charge in [0, 0.05) is 42.0 Å². The first-order valence-corrected chi connectivity index (χ1v) is 12.1. The van der Waals surface area contributed by atoms with Crippen LogP contribution < -0.4 is 0 Å². The number of rotatable bonds is 12. The number of amides is 2. The van der Waals surface area contributed by atoms with E-state index in [-0.39, 0.29) is 24.3 Å². The molecule has 2 aromatic rings. The molecule has 1 heterocycles. The van der Waals surface area contributed by atoms with Crippen LogP contribution in [0, 0.1) is 12.8 Å². The molecule has 0 unspecified atom stereocenters. The number of carbonyl (C=O) groups is 2. The monoisotopic (exact) mass is 442 g/mol. The third-order valence-corrected chi connectivity index (χ3v) is 6.71. The molecule has 5 nitrogen and oxygen atoms in total. The molecule has 0 N–H and O–H groups in total. The number of thiophene rings is 1. The molecular formula is C25H34N2O3S. The van der Waals surface area contributed by atoms with Gasteiger partial charge in [-0.15, -0.1) is 11.3 Å². The van der Waals surface area contributed by atoms with Crippen LogP contribution in [0.15, 0.2) is 42.5 Å². The van der Waals surface area contributed by atoms with Crippen molar-refractivity contribution in [3.8, 4) is 0 Å². The lowest BCUT2D eigenvalue weighted by Crippen LogP contribution is -2.46. The van der Waals surface area contributed by atoms with Crippen molar-refractivity contribution in [2.24, 2.45) is 5.92 Å². The van der Waals surface area contributed by atoms with Gasteiger partial charge in [0.1, 0.15) is 0 Å². The van der Waals surface area contributed by atoms with Crippen LogP contribution in [0.2, 0.25) is 0 Å². The Morgan fingerprint density at radius 2 is 1.84 bits per heavy atom. The van der Waals surface area contributed by atoms with Gasteiger partial charge >= 0.3 is 0 Å². The SMILES string of the molecule is CCOCCCN(CC(=O)N(Cc1ccccc1)Cc1ccc(C)s1)C(=O)C1CCC1. The summed E-state index contributed by atoms with van der Waals surface area (Å²) < 4.78 is 5.45. The molecule has 0 radical (unpaired) electrons. The molecule has 168 valence electrons. The molecule has 1 aromatic heterocycles. The zero-order valence-electron chi connectivity index (χ0n) is 18.7. The van der Waals surface area contributed by atoms with Crippen molar-refractivity contribution >= 4 is 23.2 Å². The second-order valence-electron chi connectivity index (χ2n) is 8.19. The van der Waals surface area contributed by atoms with Crippen molar-refractivity contribution in [2.45, 2.75) is 52.6 Å². The van der Waals surface area contributed by atoms with E-state index in [4.69, 9.17) is 4.74 Å². The van der Waals surface area contributed by atoms with Gasteiger partial charge in [-0.2, -0.15) is 0 Å². The van der Waals surface area contributed by atoms with Crippen molar-refractivity contribution in [3.05, 3.63) is 57.8 Å². The highest BCUT2D eigenvalue weighted by molar-refractivity contribution is 7.11. The summed E-state index contributed by atoms with van der Waals surface area (Å²) in [7, 11) is 0. The summed E-state index contributed by atoms with van der Waals surface area (Å²) >= 11 is 1.72. The Hall–Kier alpha value is -2.18. The highest BCUT2D eigenvalue weighted by Gasteiger charge is 2.31. The minimum Gasteiger partial charge on any atom is -0.382 e. The quantitative estimate of drug-likeness (QED) is 0.450. The van der Waals surface area contributed by atoms with Crippen LogP contribution in [0.5, 0.6) is 0 Å². The molecular weight excluding hydrogens is 408 g/mol. The van der Waals surface area contributed by atoms with Crippen LogP contribution in [-0.4, -0.2) is 47.9 Å². The summed E-state index contributed by atoms with van der Waals surface area (Å²) in [5.41, 5.74) is 1.09. The zero-order valence-corrected chi connectivity index (χ0v) is 19.5. The van der Waals surface area contributed by atoms with E-state index in [1.54, 1.807) is 16.2 Å². The summed E-state index contributed by atoms with van der Waals surface area (Å²) in [5, 5.41) is 0. The number of nitrogens with zero attached hydrogens (tertiary/aromatic N) is 2. The van der Waals surface area contributed by atoms with Crippen LogP contribution in [-0.2, 0) is 27.4 Å².